The maximum atomic E-state index is 11.6. The molecule has 0 unspecified atom stereocenters. The van der Waals surface area contributed by atoms with Gasteiger partial charge in [-0.25, -0.2) is 9.59 Å². The average molecular weight is 306 g/mol. The van der Waals surface area contributed by atoms with E-state index in [4.69, 9.17) is 0 Å². The SMILES string of the molecule is O=C(/C=C/C=C/C(=O)OCC(F)(F)F)OCC(F)(F)F. The van der Waals surface area contributed by atoms with Gasteiger partial charge in [0, 0.05) is 12.2 Å². The molecule has 0 radical (unpaired) electrons. The Kier molecular flexibility index (Phi) is 6.80. The summed E-state index contributed by atoms with van der Waals surface area (Å²) in [7, 11) is 0. The van der Waals surface area contributed by atoms with E-state index >= 15 is 0 Å². The van der Waals surface area contributed by atoms with Gasteiger partial charge in [0.15, 0.2) is 13.2 Å². The first kappa shape index (κ1) is 18.0. The Morgan fingerprint density at radius 1 is 0.750 bits per heavy atom. The highest BCUT2D eigenvalue weighted by Crippen LogP contribution is 2.15. The van der Waals surface area contributed by atoms with Crippen molar-refractivity contribution in [3.8, 4) is 0 Å². The predicted molar refractivity (Wildman–Crippen MR) is 52.3 cm³/mol. The number of esters is 2. The molecule has 0 atom stereocenters. The first-order valence-corrected chi connectivity index (χ1v) is 4.81. The van der Waals surface area contributed by atoms with E-state index in [-0.39, 0.29) is 0 Å². The van der Waals surface area contributed by atoms with Crippen LogP contribution in [0.15, 0.2) is 24.3 Å². The molecule has 114 valence electrons. The Hall–Kier alpha value is -2.00. The van der Waals surface area contributed by atoms with Crippen molar-refractivity contribution in [1.82, 2.24) is 0 Å². The highest BCUT2D eigenvalue weighted by Gasteiger charge is 2.29. The van der Waals surface area contributed by atoms with E-state index in [1.807, 2.05) is 0 Å². The van der Waals surface area contributed by atoms with E-state index in [1.165, 1.54) is 0 Å². The molecule has 0 aliphatic heterocycles. The summed E-state index contributed by atoms with van der Waals surface area (Å²) in [5, 5.41) is 0. The minimum Gasteiger partial charge on any atom is -0.453 e. The molecular weight excluding hydrogens is 298 g/mol. The summed E-state index contributed by atoms with van der Waals surface area (Å²) in [4.78, 5) is 21.4. The van der Waals surface area contributed by atoms with Gasteiger partial charge in [-0.3, -0.25) is 0 Å². The molecule has 10 heteroatoms. The Morgan fingerprint density at radius 3 is 1.30 bits per heavy atom. The first-order chi connectivity index (χ1) is 8.99. The highest BCUT2D eigenvalue weighted by molar-refractivity contribution is 5.84. The third-order valence-electron chi connectivity index (χ3n) is 1.33. The lowest BCUT2D eigenvalue weighted by Crippen LogP contribution is -2.19. The van der Waals surface area contributed by atoms with Crippen LogP contribution in [0.1, 0.15) is 0 Å². The zero-order chi connectivity index (χ0) is 15.8. The highest BCUT2D eigenvalue weighted by atomic mass is 19.4. The molecular formula is C10H8F6O4. The summed E-state index contributed by atoms with van der Waals surface area (Å²) in [5.74, 6) is -2.65. The second-order valence-corrected chi connectivity index (χ2v) is 3.16. The maximum Gasteiger partial charge on any atom is 0.422 e. The fourth-order valence-electron chi connectivity index (χ4n) is 0.670. The van der Waals surface area contributed by atoms with Gasteiger partial charge in [0.2, 0.25) is 0 Å². The minimum atomic E-state index is -4.67. The van der Waals surface area contributed by atoms with Gasteiger partial charge in [0.25, 0.3) is 0 Å². The molecule has 0 spiro atoms. The van der Waals surface area contributed by atoms with Crippen LogP contribution in [0.5, 0.6) is 0 Å². The fourth-order valence-corrected chi connectivity index (χ4v) is 0.670. The van der Waals surface area contributed by atoms with E-state index in [0.717, 1.165) is 12.2 Å². The van der Waals surface area contributed by atoms with Crippen LogP contribution in [0.2, 0.25) is 0 Å². The van der Waals surface area contributed by atoms with E-state index in [2.05, 4.69) is 9.47 Å². The number of hydrogen-bond donors (Lipinski definition) is 0. The second kappa shape index (κ2) is 7.56. The van der Waals surface area contributed by atoms with Crippen molar-refractivity contribution < 1.29 is 45.4 Å². The van der Waals surface area contributed by atoms with Crippen molar-refractivity contribution >= 4 is 11.9 Å². The standard InChI is InChI=1S/C10H8F6O4/c11-9(12,13)5-19-7(17)3-1-2-4-8(18)20-6-10(14,15)16/h1-4H,5-6H2/b3-1+,4-2+. The van der Waals surface area contributed by atoms with E-state index in [0.29, 0.717) is 12.2 Å². The van der Waals surface area contributed by atoms with Crippen molar-refractivity contribution in [2.24, 2.45) is 0 Å². The number of carbonyl (C=O) groups is 2. The molecule has 0 aliphatic carbocycles. The smallest absolute Gasteiger partial charge is 0.422 e. The number of rotatable bonds is 5. The normalized spacial score (nSPS) is 12.9. The molecule has 0 rings (SSSR count). The van der Waals surface area contributed by atoms with Gasteiger partial charge >= 0.3 is 24.3 Å². The van der Waals surface area contributed by atoms with Crippen LogP contribution >= 0.6 is 0 Å². The molecule has 0 aromatic heterocycles. The van der Waals surface area contributed by atoms with Crippen molar-refractivity contribution in [2.75, 3.05) is 13.2 Å². The molecule has 0 aromatic carbocycles. The third-order valence-corrected chi connectivity index (χ3v) is 1.33. The second-order valence-electron chi connectivity index (χ2n) is 3.16. The van der Waals surface area contributed by atoms with E-state index in [1.54, 1.807) is 0 Å². The zero-order valence-corrected chi connectivity index (χ0v) is 9.62. The van der Waals surface area contributed by atoms with Crippen LogP contribution in [0.25, 0.3) is 0 Å². The van der Waals surface area contributed by atoms with Crippen molar-refractivity contribution in [2.45, 2.75) is 12.4 Å². The summed E-state index contributed by atoms with van der Waals surface area (Å²) in [6.07, 6.45) is -6.60. The van der Waals surface area contributed by atoms with Gasteiger partial charge in [-0.05, 0) is 0 Å². The van der Waals surface area contributed by atoms with Crippen molar-refractivity contribution in [3.05, 3.63) is 24.3 Å². The van der Waals surface area contributed by atoms with Gasteiger partial charge in [-0.15, -0.1) is 0 Å². The predicted octanol–water partition coefficient (Wildman–Crippen LogP) is 2.31. The molecule has 0 N–H and O–H groups in total. The van der Waals surface area contributed by atoms with Crippen LogP contribution in [0, 0.1) is 0 Å². The van der Waals surface area contributed by atoms with E-state index in [9.17, 15) is 35.9 Å². The van der Waals surface area contributed by atoms with Crippen LogP contribution < -0.4 is 0 Å². The van der Waals surface area contributed by atoms with Gasteiger partial charge in [-0.2, -0.15) is 26.3 Å². The van der Waals surface area contributed by atoms with Crippen LogP contribution in [-0.2, 0) is 19.1 Å². The Balaban J connectivity index is 4.02. The monoisotopic (exact) mass is 306 g/mol. The van der Waals surface area contributed by atoms with Crippen molar-refractivity contribution in [1.29, 1.82) is 0 Å². The van der Waals surface area contributed by atoms with Gasteiger partial charge in [-0.1, -0.05) is 12.2 Å². The van der Waals surface area contributed by atoms with Crippen LogP contribution in [0.4, 0.5) is 26.3 Å². The number of halogens is 6. The van der Waals surface area contributed by atoms with Gasteiger partial charge < -0.3 is 9.47 Å². The summed E-state index contributed by atoms with van der Waals surface area (Å²) >= 11 is 0. The lowest BCUT2D eigenvalue weighted by atomic mass is 10.4. The Morgan fingerprint density at radius 2 is 1.05 bits per heavy atom. The fraction of sp³-hybridized carbons (Fsp3) is 0.400. The summed E-state index contributed by atoms with van der Waals surface area (Å²) in [6.45, 7) is -3.54. The Labute approximate surface area is 108 Å². The Bertz CT molecular complexity index is 356. The summed E-state index contributed by atoms with van der Waals surface area (Å²) < 4.78 is 77.2. The lowest BCUT2D eigenvalue weighted by Gasteiger charge is -2.05. The zero-order valence-electron chi connectivity index (χ0n) is 9.62. The third kappa shape index (κ3) is 12.5. The molecule has 20 heavy (non-hydrogen) atoms. The van der Waals surface area contributed by atoms with Crippen LogP contribution in [-0.4, -0.2) is 37.5 Å². The number of alkyl halides is 6. The number of ether oxygens (including phenoxy) is 2. The lowest BCUT2D eigenvalue weighted by molar-refractivity contribution is -0.182. The minimum absolute atomic E-state index is 0.555. The topological polar surface area (TPSA) is 52.6 Å². The first-order valence-electron chi connectivity index (χ1n) is 4.81. The van der Waals surface area contributed by atoms with Crippen LogP contribution in [0.3, 0.4) is 0 Å². The number of carbonyl (C=O) groups excluding carboxylic acids is 2. The molecule has 0 saturated carbocycles. The maximum absolute atomic E-state index is 11.6. The van der Waals surface area contributed by atoms with E-state index < -0.39 is 37.5 Å². The van der Waals surface area contributed by atoms with Gasteiger partial charge in [0.05, 0.1) is 0 Å². The van der Waals surface area contributed by atoms with Crippen molar-refractivity contribution in [3.63, 3.8) is 0 Å². The molecule has 0 fully saturated rings. The molecule has 0 aliphatic rings. The summed E-state index contributed by atoms with van der Waals surface area (Å²) in [5.41, 5.74) is 0. The number of hydrogen-bond acceptors (Lipinski definition) is 4. The molecule has 0 bridgehead atoms. The van der Waals surface area contributed by atoms with Gasteiger partial charge in [0.1, 0.15) is 0 Å². The molecule has 0 heterocycles. The number of allylic oxidation sites excluding steroid dienone is 2. The average Bonchev–Trinajstić information content (AvgIpc) is 2.27. The molecule has 0 amide bonds. The molecule has 0 aromatic rings. The summed E-state index contributed by atoms with van der Waals surface area (Å²) in [6, 6.07) is 0. The molecule has 0 saturated heterocycles. The largest absolute Gasteiger partial charge is 0.453 e. The quantitative estimate of drug-likeness (QED) is 0.338. The molecule has 4 nitrogen and oxygen atoms in total.